The summed E-state index contributed by atoms with van der Waals surface area (Å²) in [7, 11) is 3.53. The van der Waals surface area contributed by atoms with Gasteiger partial charge in [0.25, 0.3) is 0 Å². The summed E-state index contributed by atoms with van der Waals surface area (Å²) in [4.78, 5) is 7.00. The smallest absolute Gasteiger partial charge is 0.222 e. The lowest BCUT2D eigenvalue weighted by Crippen LogP contribution is -2.47. The van der Waals surface area contributed by atoms with Crippen LogP contribution in [0.1, 0.15) is 58.6 Å². The number of nitrogens with zero attached hydrogens (tertiary/aromatic N) is 1. The van der Waals surface area contributed by atoms with Crippen LogP contribution in [0.2, 0.25) is 5.82 Å². The standard InChI is InChI=1S/C20H25BO2.C7H12N2/c1-22-19-14-8-6-12-17(19)21(16-10-4-3-5-11-16)18-13-7-9-15-20(18)23-2;1-7(2,3)6-4-8-5-9-6/h6-9,12-16H,3-5,10-11H2,1-2H3;4-5H,1-3H3,(H,8,9). The number of imidazole rings is 1. The van der Waals surface area contributed by atoms with E-state index in [-0.39, 0.29) is 5.41 Å². The van der Waals surface area contributed by atoms with Crippen molar-refractivity contribution in [2.75, 3.05) is 14.2 Å². The van der Waals surface area contributed by atoms with E-state index in [9.17, 15) is 0 Å². The lowest BCUT2D eigenvalue weighted by Gasteiger charge is -2.30. The van der Waals surface area contributed by atoms with Crippen LogP contribution in [-0.2, 0) is 5.41 Å². The highest BCUT2D eigenvalue weighted by Crippen LogP contribution is 2.33. The van der Waals surface area contributed by atoms with Crippen molar-refractivity contribution in [1.29, 1.82) is 0 Å². The molecule has 0 aliphatic heterocycles. The highest BCUT2D eigenvalue weighted by molar-refractivity contribution is 6.87. The van der Waals surface area contributed by atoms with E-state index in [1.165, 1.54) is 48.7 Å². The maximum atomic E-state index is 5.67. The Bertz CT molecular complexity index is 897. The SMILES string of the molecule is CC(C)(C)c1cnc[nH]1.COc1ccccc1B(c1ccccc1OC)C1CCCCC1. The number of nitrogens with one attached hydrogen (secondary N) is 1. The van der Waals surface area contributed by atoms with E-state index >= 15 is 0 Å². The summed E-state index contributed by atoms with van der Waals surface area (Å²) in [6, 6.07) is 16.9. The van der Waals surface area contributed by atoms with Crippen LogP contribution in [0.4, 0.5) is 0 Å². The van der Waals surface area contributed by atoms with Gasteiger partial charge in [-0.1, -0.05) is 95.1 Å². The number of aromatic amines is 1. The molecule has 0 atom stereocenters. The van der Waals surface area contributed by atoms with Gasteiger partial charge in [-0.2, -0.15) is 0 Å². The summed E-state index contributed by atoms with van der Waals surface area (Å²) >= 11 is 0. The van der Waals surface area contributed by atoms with Crippen molar-refractivity contribution in [3.05, 3.63) is 66.7 Å². The van der Waals surface area contributed by atoms with Gasteiger partial charge in [-0.25, -0.2) is 4.98 Å². The van der Waals surface area contributed by atoms with Gasteiger partial charge in [0.15, 0.2) is 0 Å². The van der Waals surface area contributed by atoms with Crippen molar-refractivity contribution >= 4 is 17.6 Å². The van der Waals surface area contributed by atoms with E-state index in [0.29, 0.717) is 12.5 Å². The normalized spacial score (nSPS) is 14.3. The van der Waals surface area contributed by atoms with Crippen LogP contribution in [0.25, 0.3) is 0 Å². The molecule has 0 spiro atoms. The minimum absolute atomic E-state index is 0.205. The first-order chi connectivity index (χ1) is 15.5. The third-order valence-electron chi connectivity index (χ3n) is 6.38. The molecule has 5 heteroatoms. The van der Waals surface area contributed by atoms with Crippen molar-refractivity contribution < 1.29 is 9.47 Å². The van der Waals surface area contributed by atoms with Gasteiger partial charge in [0.2, 0.25) is 6.71 Å². The average molecular weight is 432 g/mol. The van der Waals surface area contributed by atoms with Crippen molar-refractivity contribution in [2.24, 2.45) is 0 Å². The number of ether oxygens (including phenoxy) is 2. The molecule has 3 aromatic rings. The molecule has 4 nitrogen and oxygen atoms in total. The summed E-state index contributed by atoms with van der Waals surface area (Å²) in [6.07, 6.45) is 10.1. The lowest BCUT2D eigenvalue weighted by molar-refractivity contribution is 0.416. The topological polar surface area (TPSA) is 47.1 Å². The highest BCUT2D eigenvalue weighted by Gasteiger charge is 2.34. The molecule has 170 valence electrons. The van der Waals surface area contributed by atoms with Gasteiger partial charge in [-0.05, 0) is 23.1 Å². The highest BCUT2D eigenvalue weighted by atomic mass is 16.5. The third-order valence-corrected chi connectivity index (χ3v) is 6.38. The number of methoxy groups -OCH3 is 2. The molecule has 0 bridgehead atoms. The Morgan fingerprint density at radius 3 is 1.78 bits per heavy atom. The predicted octanol–water partition coefficient (Wildman–Crippen LogP) is 5.35. The molecule has 0 radical (unpaired) electrons. The first kappa shape index (κ1) is 24.0. The van der Waals surface area contributed by atoms with E-state index < -0.39 is 0 Å². The van der Waals surface area contributed by atoms with Gasteiger partial charge in [-0.15, -0.1) is 0 Å². The van der Waals surface area contributed by atoms with Gasteiger partial charge in [0.05, 0.1) is 20.5 Å². The molecular weight excluding hydrogens is 395 g/mol. The minimum Gasteiger partial charge on any atom is -0.497 e. The van der Waals surface area contributed by atoms with Gasteiger partial charge in [0.1, 0.15) is 11.5 Å². The minimum atomic E-state index is 0.205. The molecule has 1 N–H and O–H groups in total. The molecule has 1 saturated carbocycles. The summed E-state index contributed by atoms with van der Waals surface area (Å²) < 4.78 is 11.3. The third kappa shape index (κ3) is 5.96. The van der Waals surface area contributed by atoms with Crippen LogP contribution in [-0.4, -0.2) is 30.9 Å². The molecule has 4 rings (SSSR count). The first-order valence-corrected chi connectivity index (χ1v) is 11.7. The fourth-order valence-electron chi connectivity index (χ4n) is 4.66. The number of hydrogen-bond donors (Lipinski definition) is 1. The number of aromatic nitrogens is 2. The summed E-state index contributed by atoms with van der Waals surface area (Å²) in [5.41, 5.74) is 3.96. The molecular formula is C27H37BN2O2. The number of para-hydroxylation sites is 2. The predicted molar refractivity (Wildman–Crippen MR) is 135 cm³/mol. The van der Waals surface area contributed by atoms with Gasteiger partial charge in [0, 0.05) is 17.3 Å². The Balaban J connectivity index is 0.000000269. The van der Waals surface area contributed by atoms with Crippen LogP contribution in [0.5, 0.6) is 11.5 Å². The second-order valence-corrected chi connectivity index (χ2v) is 9.57. The van der Waals surface area contributed by atoms with Crippen molar-refractivity contribution in [2.45, 2.75) is 64.1 Å². The number of benzene rings is 2. The molecule has 0 saturated heterocycles. The molecule has 0 amide bonds. The summed E-state index contributed by atoms with van der Waals surface area (Å²) in [5, 5.41) is 0. The largest absolute Gasteiger partial charge is 0.497 e. The van der Waals surface area contributed by atoms with E-state index in [0.717, 1.165) is 11.5 Å². The molecule has 32 heavy (non-hydrogen) atoms. The van der Waals surface area contributed by atoms with E-state index in [2.05, 4.69) is 67.1 Å². The lowest BCUT2D eigenvalue weighted by atomic mass is 9.31. The second-order valence-electron chi connectivity index (χ2n) is 9.57. The maximum Gasteiger partial charge on any atom is 0.222 e. The van der Waals surface area contributed by atoms with Crippen LogP contribution >= 0.6 is 0 Å². The first-order valence-electron chi connectivity index (χ1n) is 11.7. The van der Waals surface area contributed by atoms with Crippen LogP contribution < -0.4 is 20.4 Å². The van der Waals surface area contributed by atoms with E-state index in [1.54, 1.807) is 20.5 Å². The zero-order valence-corrected chi connectivity index (χ0v) is 20.2. The Kier molecular flexibility index (Phi) is 8.43. The molecule has 1 heterocycles. The monoisotopic (exact) mass is 432 g/mol. The van der Waals surface area contributed by atoms with Gasteiger partial charge in [-0.3, -0.25) is 0 Å². The van der Waals surface area contributed by atoms with Crippen molar-refractivity contribution in [3.63, 3.8) is 0 Å². The Morgan fingerprint density at radius 1 is 0.844 bits per heavy atom. The molecule has 1 aliphatic carbocycles. The van der Waals surface area contributed by atoms with Gasteiger partial charge < -0.3 is 14.5 Å². The molecule has 1 aliphatic rings. The van der Waals surface area contributed by atoms with Crippen molar-refractivity contribution in [1.82, 2.24) is 9.97 Å². The van der Waals surface area contributed by atoms with E-state index in [4.69, 9.17) is 9.47 Å². The summed E-state index contributed by atoms with van der Waals surface area (Å²) in [5.74, 6) is 2.61. The molecule has 1 aromatic heterocycles. The quantitative estimate of drug-likeness (QED) is 0.553. The van der Waals surface area contributed by atoms with E-state index in [1.807, 2.05) is 18.3 Å². The van der Waals surface area contributed by atoms with Crippen molar-refractivity contribution in [3.8, 4) is 11.5 Å². The molecule has 2 aromatic carbocycles. The fraction of sp³-hybridized carbons (Fsp3) is 0.444. The van der Waals surface area contributed by atoms with Crippen LogP contribution in [0, 0.1) is 0 Å². The average Bonchev–Trinajstić information content (AvgIpc) is 3.37. The number of H-pyrrole nitrogens is 1. The Labute approximate surface area is 193 Å². The summed E-state index contributed by atoms with van der Waals surface area (Å²) in [6.45, 7) is 6.80. The fourth-order valence-corrected chi connectivity index (χ4v) is 4.66. The Morgan fingerprint density at radius 2 is 1.38 bits per heavy atom. The molecule has 0 unspecified atom stereocenters. The van der Waals surface area contributed by atoms with Crippen LogP contribution in [0.3, 0.4) is 0 Å². The number of hydrogen-bond acceptors (Lipinski definition) is 3. The number of rotatable bonds is 5. The molecule has 1 fully saturated rings. The zero-order valence-electron chi connectivity index (χ0n) is 20.2. The van der Waals surface area contributed by atoms with Crippen LogP contribution in [0.15, 0.2) is 61.1 Å². The Hall–Kier alpha value is -2.69. The maximum absolute atomic E-state index is 5.67. The van der Waals surface area contributed by atoms with Gasteiger partial charge >= 0.3 is 0 Å². The zero-order chi connectivity index (χ0) is 23.0. The second kappa shape index (κ2) is 11.3.